The number of imidazole rings is 1. The number of piperazine rings is 1. The Labute approximate surface area is 158 Å². The maximum absolute atomic E-state index is 10.5. The fourth-order valence-electron chi connectivity index (χ4n) is 3.40. The van der Waals surface area contributed by atoms with Crippen LogP contribution in [0.4, 0.5) is 11.5 Å². The standard InChI is InChI=1S/C19H25N7O/c1-13-11-26-12-17(22-18(26)14(2)21-13)23-19(27)16-5-4-15(10-20-16)25-8-6-24(3)7-9-25/h4-5,10-12,19,23,27H,6-9H2,1-3H3. The number of hydrogen-bond donors (Lipinski definition) is 2. The van der Waals surface area contributed by atoms with E-state index in [0.717, 1.165) is 48.9 Å². The third kappa shape index (κ3) is 3.72. The van der Waals surface area contributed by atoms with Gasteiger partial charge >= 0.3 is 0 Å². The number of aliphatic hydroxyl groups excluding tert-OH is 1. The van der Waals surface area contributed by atoms with Crippen LogP contribution in [-0.4, -0.2) is 62.6 Å². The van der Waals surface area contributed by atoms with Gasteiger partial charge in [-0.2, -0.15) is 0 Å². The van der Waals surface area contributed by atoms with Gasteiger partial charge in [-0.25, -0.2) is 4.98 Å². The third-order valence-electron chi connectivity index (χ3n) is 4.93. The van der Waals surface area contributed by atoms with Crippen molar-refractivity contribution >= 4 is 17.2 Å². The molecular formula is C19H25N7O. The van der Waals surface area contributed by atoms with Crippen LogP contribution in [0.5, 0.6) is 0 Å². The van der Waals surface area contributed by atoms with Gasteiger partial charge in [0.15, 0.2) is 11.9 Å². The monoisotopic (exact) mass is 367 g/mol. The van der Waals surface area contributed by atoms with E-state index in [4.69, 9.17) is 0 Å². The Bertz CT molecular complexity index is 929. The highest BCUT2D eigenvalue weighted by atomic mass is 16.3. The zero-order valence-electron chi connectivity index (χ0n) is 15.9. The molecule has 8 nitrogen and oxygen atoms in total. The van der Waals surface area contributed by atoms with Crippen molar-refractivity contribution in [3.05, 3.63) is 47.8 Å². The lowest BCUT2D eigenvalue weighted by molar-refractivity contribution is 0.203. The first-order chi connectivity index (χ1) is 13.0. The predicted molar refractivity (Wildman–Crippen MR) is 105 cm³/mol. The molecule has 1 unspecified atom stereocenters. The van der Waals surface area contributed by atoms with Gasteiger partial charge in [0, 0.05) is 32.4 Å². The molecule has 27 heavy (non-hydrogen) atoms. The molecule has 0 saturated carbocycles. The molecule has 3 aromatic heterocycles. The van der Waals surface area contributed by atoms with Gasteiger partial charge < -0.3 is 24.6 Å². The average molecular weight is 367 g/mol. The molecule has 1 saturated heterocycles. The first-order valence-electron chi connectivity index (χ1n) is 9.16. The number of pyridine rings is 1. The van der Waals surface area contributed by atoms with Crippen molar-refractivity contribution in [2.75, 3.05) is 43.4 Å². The van der Waals surface area contributed by atoms with Crippen LogP contribution in [0.2, 0.25) is 0 Å². The molecule has 1 fully saturated rings. The van der Waals surface area contributed by atoms with Crippen LogP contribution >= 0.6 is 0 Å². The number of hydrogen-bond acceptors (Lipinski definition) is 7. The van der Waals surface area contributed by atoms with Gasteiger partial charge in [0.1, 0.15) is 5.82 Å². The molecule has 3 aromatic rings. The minimum atomic E-state index is -0.925. The van der Waals surface area contributed by atoms with Gasteiger partial charge in [0.05, 0.1) is 35.2 Å². The fraction of sp³-hybridized carbons (Fsp3) is 0.421. The third-order valence-corrected chi connectivity index (χ3v) is 4.93. The van der Waals surface area contributed by atoms with Crippen LogP contribution in [0, 0.1) is 13.8 Å². The van der Waals surface area contributed by atoms with Crippen LogP contribution < -0.4 is 10.2 Å². The maximum atomic E-state index is 10.5. The Hall–Kier alpha value is -2.71. The molecular weight excluding hydrogens is 342 g/mol. The quantitative estimate of drug-likeness (QED) is 0.678. The summed E-state index contributed by atoms with van der Waals surface area (Å²) in [5.41, 5.74) is 4.20. The van der Waals surface area contributed by atoms with Crippen molar-refractivity contribution in [2.45, 2.75) is 20.1 Å². The van der Waals surface area contributed by atoms with Crippen molar-refractivity contribution < 1.29 is 5.11 Å². The van der Waals surface area contributed by atoms with Gasteiger partial charge in [-0.15, -0.1) is 0 Å². The molecule has 0 aliphatic carbocycles. The molecule has 8 heteroatoms. The zero-order chi connectivity index (χ0) is 19.0. The van der Waals surface area contributed by atoms with E-state index in [1.54, 1.807) is 0 Å². The lowest BCUT2D eigenvalue weighted by Gasteiger charge is -2.33. The zero-order valence-corrected chi connectivity index (χ0v) is 15.9. The van der Waals surface area contributed by atoms with E-state index in [9.17, 15) is 5.11 Å². The fourth-order valence-corrected chi connectivity index (χ4v) is 3.40. The number of aliphatic hydroxyl groups is 1. The summed E-state index contributed by atoms with van der Waals surface area (Å²) < 4.78 is 1.91. The topological polar surface area (TPSA) is 81.8 Å². The number of nitrogens with one attached hydrogen (secondary N) is 1. The van der Waals surface area contributed by atoms with Crippen molar-refractivity contribution in [3.8, 4) is 0 Å². The number of likely N-dealkylation sites (N-methyl/N-ethyl adjacent to an activating group) is 1. The molecule has 0 spiro atoms. The van der Waals surface area contributed by atoms with E-state index in [0.29, 0.717) is 11.5 Å². The minimum Gasteiger partial charge on any atom is -0.368 e. The molecule has 0 radical (unpaired) electrons. The van der Waals surface area contributed by atoms with Crippen LogP contribution in [0.25, 0.3) is 5.65 Å². The molecule has 1 aliphatic rings. The summed E-state index contributed by atoms with van der Waals surface area (Å²) in [4.78, 5) is 18.0. The number of rotatable bonds is 4. The Morgan fingerprint density at radius 3 is 2.56 bits per heavy atom. The van der Waals surface area contributed by atoms with Gasteiger partial charge in [-0.1, -0.05) is 0 Å². The van der Waals surface area contributed by atoms with Crippen molar-refractivity contribution in [1.82, 2.24) is 24.3 Å². The molecule has 1 atom stereocenters. The molecule has 4 heterocycles. The Kier molecular flexibility index (Phi) is 4.67. The van der Waals surface area contributed by atoms with Crippen LogP contribution in [0.1, 0.15) is 23.3 Å². The SMILES string of the molecule is Cc1cn2cc(NC(O)c3ccc(N4CCN(C)CC4)cn3)nc2c(C)n1. The second-order valence-electron chi connectivity index (χ2n) is 7.10. The van der Waals surface area contributed by atoms with Gasteiger partial charge in [0.25, 0.3) is 0 Å². The largest absolute Gasteiger partial charge is 0.368 e. The summed E-state index contributed by atoms with van der Waals surface area (Å²) in [5.74, 6) is 0.586. The highest BCUT2D eigenvalue weighted by Crippen LogP contribution is 2.20. The Morgan fingerprint density at radius 1 is 1.07 bits per heavy atom. The van der Waals surface area contributed by atoms with E-state index >= 15 is 0 Å². The average Bonchev–Trinajstić information content (AvgIpc) is 3.05. The van der Waals surface area contributed by atoms with Crippen LogP contribution in [-0.2, 0) is 0 Å². The predicted octanol–water partition coefficient (Wildman–Crippen LogP) is 1.60. The van der Waals surface area contributed by atoms with Gasteiger partial charge in [-0.05, 0) is 33.0 Å². The Balaban J connectivity index is 1.46. The summed E-state index contributed by atoms with van der Waals surface area (Å²) >= 11 is 0. The summed E-state index contributed by atoms with van der Waals surface area (Å²) in [6.45, 7) is 7.95. The van der Waals surface area contributed by atoms with E-state index in [-0.39, 0.29) is 0 Å². The summed E-state index contributed by atoms with van der Waals surface area (Å²) in [6, 6.07) is 3.87. The molecule has 0 aromatic carbocycles. The van der Waals surface area contributed by atoms with Crippen molar-refractivity contribution in [2.24, 2.45) is 0 Å². The molecule has 4 rings (SSSR count). The summed E-state index contributed by atoms with van der Waals surface area (Å²) in [5, 5.41) is 13.5. The van der Waals surface area contributed by atoms with Crippen molar-refractivity contribution in [1.29, 1.82) is 0 Å². The maximum Gasteiger partial charge on any atom is 0.169 e. The lowest BCUT2D eigenvalue weighted by atomic mass is 10.2. The number of aromatic nitrogens is 4. The second kappa shape index (κ2) is 7.13. The van der Waals surface area contributed by atoms with Crippen LogP contribution in [0.3, 0.4) is 0 Å². The van der Waals surface area contributed by atoms with Gasteiger partial charge in [-0.3, -0.25) is 9.97 Å². The highest BCUT2D eigenvalue weighted by Gasteiger charge is 2.16. The highest BCUT2D eigenvalue weighted by molar-refractivity contribution is 5.52. The van der Waals surface area contributed by atoms with Crippen molar-refractivity contribution in [3.63, 3.8) is 0 Å². The first kappa shape index (κ1) is 17.7. The molecule has 0 amide bonds. The summed E-state index contributed by atoms with van der Waals surface area (Å²) in [6.07, 6.45) is 4.66. The number of aryl methyl sites for hydroxylation is 2. The van der Waals surface area contributed by atoms with Gasteiger partial charge in [0.2, 0.25) is 0 Å². The number of nitrogens with zero attached hydrogens (tertiary/aromatic N) is 6. The number of anilines is 2. The van der Waals surface area contributed by atoms with E-state index in [2.05, 4.69) is 37.1 Å². The molecule has 2 N–H and O–H groups in total. The molecule has 0 bridgehead atoms. The molecule has 1 aliphatic heterocycles. The van der Waals surface area contributed by atoms with E-state index in [1.807, 2.05) is 49.0 Å². The first-order valence-corrected chi connectivity index (χ1v) is 9.16. The normalized spacial score (nSPS) is 16.7. The molecule has 142 valence electrons. The second-order valence-corrected chi connectivity index (χ2v) is 7.10. The number of fused-ring (bicyclic) bond motifs is 1. The smallest absolute Gasteiger partial charge is 0.169 e. The lowest BCUT2D eigenvalue weighted by Crippen LogP contribution is -2.44. The summed E-state index contributed by atoms with van der Waals surface area (Å²) in [7, 11) is 2.14. The minimum absolute atomic E-state index is 0.566. The van der Waals surface area contributed by atoms with Crippen LogP contribution in [0.15, 0.2) is 30.7 Å². The van der Waals surface area contributed by atoms with E-state index in [1.165, 1.54) is 0 Å². The Morgan fingerprint density at radius 2 is 1.85 bits per heavy atom. The van der Waals surface area contributed by atoms with E-state index < -0.39 is 6.23 Å².